The molecule has 30 heavy (non-hydrogen) atoms. The third-order valence-electron chi connectivity index (χ3n) is 5.54. The number of benzene rings is 1. The van der Waals surface area contributed by atoms with Crippen LogP contribution in [0.4, 0.5) is 4.39 Å². The van der Waals surface area contributed by atoms with Crippen LogP contribution in [0, 0.1) is 11.7 Å². The van der Waals surface area contributed by atoms with Crippen molar-refractivity contribution in [1.82, 2.24) is 20.5 Å². The molecular formula is C20H25FN4O4S. The Kier molecular flexibility index (Phi) is 6.19. The van der Waals surface area contributed by atoms with E-state index < -0.39 is 15.9 Å². The lowest BCUT2D eigenvalue weighted by molar-refractivity contribution is -0.126. The Bertz CT molecular complexity index is 1000. The number of nitrogens with zero attached hydrogens (tertiary/aromatic N) is 1. The number of hydrogen-bond donors (Lipinski definition) is 3. The Morgan fingerprint density at radius 1 is 1.23 bits per heavy atom. The van der Waals surface area contributed by atoms with Crippen LogP contribution in [0.2, 0.25) is 0 Å². The van der Waals surface area contributed by atoms with Crippen LogP contribution in [0.1, 0.15) is 36.6 Å². The average molecular weight is 437 g/mol. The van der Waals surface area contributed by atoms with Crippen molar-refractivity contribution >= 4 is 15.9 Å². The molecule has 3 N–H and O–H groups in total. The van der Waals surface area contributed by atoms with Gasteiger partial charge >= 0.3 is 0 Å². The molecule has 2 fully saturated rings. The predicted octanol–water partition coefficient (Wildman–Crippen LogP) is 1.67. The maximum absolute atomic E-state index is 13.7. The summed E-state index contributed by atoms with van der Waals surface area (Å²) in [5.41, 5.74) is 6.42. The molecular weight excluding hydrogens is 411 g/mol. The third-order valence-corrected chi connectivity index (χ3v) is 7.28. The van der Waals surface area contributed by atoms with E-state index in [2.05, 4.69) is 16.2 Å². The van der Waals surface area contributed by atoms with Gasteiger partial charge in [-0.15, -0.1) is 0 Å². The molecule has 162 valence electrons. The highest BCUT2D eigenvalue weighted by Gasteiger charge is 2.35. The average Bonchev–Trinajstić information content (AvgIpc) is 3.45. The van der Waals surface area contributed by atoms with Crippen LogP contribution >= 0.6 is 0 Å². The fourth-order valence-electron chi connectivity index (χ4n) is 3.83. The second kappa shape index (κ2) is 8.84. The van der Waals surface area contributed by atoms with Gasteiger partial charge in [0.2, 0.25) is 11.0 Å². The molecule has 0 saturated carbocycles. The predicted molar refractivity (Wildman–Crippen MR) is 107 cm³/mol. The number of sulfonamides is 1. The quantitative estimate of drug-likeness (QED) is 0.637. The number of carbonyl (C=O) groups is 1. The monoisotopic (exact) mass is 436 g/mol. The van der Waals surface area contributed by atoms with Crippen LogP contribution in [0.15, 0.2) is 45.9 Å². The zero-order valence-corrected chi connectivity index (χ0v) is 17.3. The molecule has 4 rings (SSSR count). The smallest absolute Gasteiger partial charge is 0.276 e. The molecule has 0 bridgehead atoms. The van der Waals surface area contributed by atoms with E-state index in [1.54, 1.807) is 24.3 Å². The first-order valence-corrected chi connectivity index (χ1v) is 11.5. The van der Waals surface area contributed by atoms with Gasteiger partial charge in [-0.2, -0.15) is 4.31 Å². The van der Waals surface area contributed by atoms with Crippen molar-refractivity contribution in [3.8, 4) is 0 Å². The molecule has 8 nitrogen and oxygen atoms in total. The van der Waals surface area contributed by atoms with E-state index in [-0.39, 0.29) is 35.9 Å². The van der Waals surface area contributed by atoms with E-state index in [9.17, 15) is 17.6 Å². The lowest BCUT2D eigenvalue weighted by atomic mass is 9.98. The summed E-state index contributed by atoms with van der Waals surface area (Å²) in [5.74, 6) is -0.587. The molecule has 1 amide bonds. The molecule has 0 spiro atoms. The van der Waals surface area contributed by atoms with Gasteiger partial charge in [-0.05, 0) is 37.5 Å². The van der Waals surface area contributed by atoms with Crippen molar-refractivity contribution in [2.24, 2.45) is 5.92 Å². The molecule has 1 aromatic carbocycles. The van der Waals surface area contributed by atoms with Crippen molar-refractivity contribution in [1.29, 1.82) is 0 Å². The van der Waals surface area contributed by atoms with Gasteiger partial charge in [0, 0.05) is 31.7 Å². The summed E-state index contributed by atoms with van der Waals surface area (Å²) in [6.45, 7) is 1.26. The fraction of sp³-hybridized carbons (Fsp3) is 0.450. The second-order valence-electron chi connectivity index (χ2n) is 7.58. The highest BCUT2D eigenvalue weighted by Crippen LogP contribution is 2.28. The number of amides is 1. The number of carbonyl (C=O) groups excluding carboxylic acids is 1. The normalized spacial score (nSPS) is 22.8. The molecule has 2 aliphatic rings. The van der Waals surface area contributed by atoms with Crippen LogP contribution in [-0.4, -0.2) is 38.3 Å². The highest BCUT2D eigenvalue weighted by molar-refractivity contribution is 7.89. The zero-order valence-electron chi connectivity index (χ0n) is 16.4. The van der Waals surface area contributed by atoms with E-state index in [4.69, 9.17) is 4.42 Å². The SMILES string of the molecule is O=C(NCc1ccccc1F)C1CCCN(S(=O)(=O)c2ccc(C3CCNN3)o2)C1. The van der Waals surface area contributed by atoms with Crippen molar-refractivity contribution in [3.63, 3.8) is 0 Å². The molecule has 10 heteroatoms. The Morgan fingerprint density at radius 3 is 2.83 bits per heavy atom. The van der Waals surface area contributed by atoms with Crippen LogP contribution in [0.5, 0.6) is 0 Å². The second-order valence-corrected chi connectivity index (χ2v) is 9.45. The summed E-state index contributed by atoms with van der Waals surface area (Å²) in [6, 6.07) is 9.30. The van der Waals surface area contributed by atoms with Gasteiger partial charge in [-0.3, -0.25) is 10.2 Å². The minimum absolute atomic E-state index is 0.0628. The van der Waals surface area contributed by atoms with Gasteiger partial charge in [-0.25, -0.2) is 18.2 Å². The fourth-order valence-corrected chi connectivity index (χ4v) is 5.27. The topological polar surface area (TPSA) is 104 Å². The Hall–Kier alpha value is -2.27. The van der Waals surface area contributed by atoms with Gasteiger partial charge in [0.15, 0.2) is 0 Å². The number of furan rings is 1. The van der Waals surface area contributed by atoms with Crippen LogP contribution in [0.3, 0.4) is 0 Å². The first-order valence-electron chi connectivity index (χ1n) is 10.0. The lowest BCUT2D eigenvalue weighted by Gasteiger charge is -2.30. The minimum atomic E-state index is -3.83. The zero-order chi connectivity index (χ0) is 21.1. The molecule has 3 heterocycles. The number of halogens is 1. The molecule has 2 unspecified atom stereocenters. The standard InChI is InChI=1S/C20H25FN4O4S/c21-16-6-2-1-4-14(16)12-22-20(26)15-5-3-11-25(13-15)30(27,28)19-8-7-18(29-19)17-9-10-23-24-17/h1-2,4,6-8,15,17,23-24H,3,5,9-13H2,(H,22,26). The third kappa shape index (κ3) is 4.41. The van der Waals surface area contributed by atoms with Crippen LogP contribution in [0.25, 0.3) is 0 Å². The molecule has 0 aliphatic carbocycles. The molecule has 2 aliphatic heterocycles. The lowest BCUT2D eigenvalue weighted by Crippen LogP contribution is -2.45. The number of hydrogen-bond acceptors (Lipinski definition) is 6. The van der Waals surface area contributed by atoms with Crippen LogP contribution < -0.4 is 16.2 Å². The Labute approximate surface area is 174 Å². The summed E-state index contributed by atoms with van der Waals surface area (Å²) in [4.78, 5) is 12.6. The minimum Gasteiger partial charge on any atom is -0.447 e. The van der Waals surface area contributed by atoms with E-state index in [0.717, 1.165) is 13.0 Å². The largest absolute Gasteiger partial charge is 0.447 e. The molecule has 2 atom stereocenters. The van der Waals surface area contributed by atoms with Crippen molar-refractivity contribution in [3.05, 3.63) is 53.5 Å². The maximum atomic E-state index is 13.7. The Balaban J connectivity index is 1.40. The summed E-state index contributed by atoms with van der Waals surface area (Å²) in [6.07, 6.45) is 1.95. The maximum Gasteiger partial charge on any atom is 0.276 e. The molecule has 1 aromatic heterocycles. The van der Waals surface area contributed by atoms with Gasteiger partial charge in [0.05, 0.1) is 12.0 Å². The van der Waals surface area contributed by atoms with Crippen molar-refractivity contribution in [2.45, 2.75) is 36.9 Å². The molecule has 2 aromatic rings. The number of hydrazine groups is 1. The molecule has 2 saturated heterocycles. The van der Waals surface area contributed by atoms with Crippen molar-refractivity contribution < 1.29 is 22.0 Å². The van der Waals surface area contributed by atoms with Gasteiger partial charge < -0.3 is 9.73 Å². The van der Waals surface area contributed by atoms with Gasteiger partial charge in [0.1, 0.15) is 11.6 Å². The highest BCUT2D eigenvalue weighted by atomic mass is 32.2. The summed E-state index contributed by atoms with van der Waals surface area (Å²) >= 11 is 0. The van der Waals surface area contributed by atoms with Gasteiger partial charge in [0.25, 0.3) is 10.0 Å². The summed E-state index contributed by atoms with van der Waals surface area (Å²) in [5, 5.41) is 2.61. The first kappa shape index (κ1) is 21.0. The van der Waals surface area contributed by atoms with E-state index in [1.165, 1.54) is 16.4 Å². The van der Waals surface area contributed by atoms with Crippen molar-refractivity contribution in [2.75, 3.05) is 19.6 Å². The van der Waals surface area contributed by atoms with Gasteiger partial charge in [-0.1, -0.05) is 18.2 Å². The van der Waals surface area contributed by atoms with E-state index in [1.807, 2.05) is 0 Å². The van der Waals surface area contributed by atoms with E-state index >= 15 is 0 Å². The van der Waals surface area contributed by atoms with Crippen LogP contribution in [-0.2, 0) is 21.4 Å². The summed E-state index contributed by atoms with van der Waals surface area (Å²) in [7, 11) is -3.83. The number of piperidine rings is 1. The first-order chi connectivity index (χ1) is 14.4. The number of nitrogens with one attached hydrogen (secondary N) is 3. The summed E-state index contributed by atoms with van der Waals surface area (Å²) < 4.78 is 46.7. The Morgan fingerprint density at radius 2 is 2.07 bits per heavy atom. The number of rotatable bonds is 6. The van der Waals surface area contributed by atoms with E-state index in [0.29, 0.717) is 30.7 Å². The molecule has 0 radical (unpaired) electrons.